The van der Waals surface area contributed by atoms with Crippen LogP contribution in [0.25, 0.3) is 0 Å². The zero-order valence-corrected chi connectivity index (χ0v) is 14.6. The Labute approximate surface area is 143 Å². The van der Waals surface area contributed by atoms with Gasteiger partial charge in [0.05, 0.1) is 6.61 Å². The Morgan fingerprint density at radius 1 is 1.12 bits per heavy atom. The minimum atomic E-state index is -2.71. The van der Waals surface area contributed by atoms with Gasteiger partial charge in [0.15, 0.2) is 0 Å². The summed E-state index contributed by atoms with van der Waals surface area (Å²) in [5.74, 6) is -2.48. The van der Waals surface area contributed by atoms with Gasteiger partial charge in [-0.2, -0.15) is 0 Å². The van der Waals surface area contributed by atoms with Gasteiger partial charge >= 0.3 is 5.97 Å². The van der Waals surface area contributed by atoms with E-state index in [4.69, 9.17) is 4.74 Å². The maximum atomic E-state index is 13.8. The van der Waals surface area contributed by atoms with Crippen LogP contribution in [0.3, 0.4) is 0 Å². The van der Waals surface area contributed by atoms with E-state index in [1.807, 2.05) is 24.3 Å². The molecule has 1 aliphatic carbocycles. The van der Waals surface area contributed by atoms with Crippen molar-refractivity contribution in [3.05, 3.63) is 35.4 Å². The van der Waals surface area contributed by atoms with E-state index in [-0.39, 0.29) is 12.5 Å². The summed E-state index contributed by atoms with van der Waals surface area (Å²) in [5.41, 5.74) is 2.02. The monoisotopic (exact) mass is 338 g/mol. The van der Waals surface area contributed by atoms with Crippen molar-refractivity contribution in [1.29, 1.82) is 0 Å². The molecule has 0 aliphatic heterocycles. The van der Waals surface area contributed by atoms with Crippen molar-refractivity contribution < 1.29 is 18.3 Å². The summed E-state index contributed by atoms with van der Waals surface area (Å²) in [5, 5.41) is 0. The van der Waals surface area contributed by atoms with Crippen LogP contribution in [0.15, 0.2) is 24.3 Å². The molecule has 2 rings (SSSR count). The lowest BCUT2D eigenvalue weighted by Crippen LogP contribution is -2.35. The average Bonchev–Trinajstić information content (AvgIpc) is 2.60. The number of carbonyl (C=O) groups is 1. The molecule has 1 aromatic carbocycles. The maximum Gasteiger partial charge on any atom is 0.315 e. The molecule has 0 radical (unpaired) electrons. The summed E-state index contributed by atoms with van der Waals surface area (Å²) in [6, 6.07) is 7.82. The Hall–Kier alpha value is -1.45. The zero-order chi connectivity index (χ0) is 17.5. The van der Waals surface area contributed by atoms with Gasteiger partial charge in [0.25, 0.3) is 6.43 Å². The van der Waals surface area contributed by atoms with E-state index >= 15 is 0 Å². The van der Waals surface area contributed by atoms with Gasteiger partial charge < -0.3 is 4.74 Å². The molecular weight excluding hydrogens is 310 g/mol. The van der Waals surface area contributed by atoms with E-state index in [1.165, 1.54) is 5.56 Å². The number of esters is 1. The van der Waals surface area contributed by atoms with Crippen molar-refractivity contribution in [3.8, 4) is 0 Å². The summed E-state index contributed by atoms with van der Waals surface area (Å²) < 4.78 is 32.6. The molecule has 0 heterocycles. The van der Waals surface area contributed by atoms with Crippen LogP contribution in [0.2, 0.25) is 0 Å². The first-order valence-electron chi connectivity index (χ1n) is 9.12. The molecular formula is C20H28F2O2. The van der Waals surface area contributed by atoms with Gasteiger partial charge in [0.2, 0.25) is 0 Å². The molecule has 0 amide bonds. The fourth-order valence-corrected chi connectivity index (χ4v) is 3.89. The van der Waals surface area contributed by atoms with Crippen LogP contribution in [0.5, 0.6) is 0 Å². The van der Waals surface area contributed by atoms with Gasteiger partial charge in [-0.25, -0.2) is 8.78 Å². The van der Waals surface area contributed by atoms with Crippen molar-refractivity contribution in [2.24, 2.45) is 11.8 Å². The first-order chi connectivity index (χ1) is 11.6. The number of benzene rings is 1. The second-order valence-corrected chi connectivity index (χ2v) is 6.63. The highest BCUT2D eigenvalue weighted by atomic mass is 19.3. The lowest BCUT2D eigenvalue weighted by molar-refractivity contribution is -0.156. The number of rotatable bonds is 7. The van der Waals surface area contributed by atoms with Gasteiger partial charge in [-0.15, -0.1) is 0 Å². The van der Waals surface area contributed by atoms with Gasteiger partial charge in [0.1, 0.15) is 5.92 Å². The molecule has 1 saturated carbocycles. The van der Waals surface area contributed by atoms with Crippen LogP contribution < -0.4 is 0 Å². The summed E-state index contributed by atoms with van der Waals surface area (Å²) in [6.07, 6.45) is 3.26. The molecule has 1 fully saturated rings. The molecule has 0 bridgehead atoms. The van der Waals surface area contributed by atoms with Crippen molar-refractivity contribution >= 4 is 5.97 Å². The second-order valence-electron chi connectivity index (χ2n) is 6.63. The third kappa shape index (κ3) is 4.55. The molecule has 4 heteroatoms. The predicted octanol–water partition coefficient (Wildman–Crippen LogP) is 5.36. The number of ether oxygens (including phenoxy) is 1. The van der Waals surface area contributed by atoms with E-state index in [0.29, 0.717) is 0 Å². The largest absolute Gasteiger partial charge is 0.466 e. The van der Waals surface area contributed by atoms with Gasteiger partial charge in [0, 0.05) is 5.92 Å². The van der Waals surface area contributed by atoms with Gasteiger partial charge in [-0.05, 0) is 43.2 Å². The summed E-state index contributed by atoms with van der Waals surface area (Å²) in [4.78, 5) is 12.3. The zero-order valence-electron chi connectivity index (χ0n) is 14.6. The Morgan fingerprint density at radius 3 is 2.25 bits per heavy atom. The minimum Gasteiger partial charge on any atom is -0.466 e. The molecule has 0 N–H and O–H groups in total. The van der Waals surface area contributed by atoms with E-state index in [0.717, 1.165) is 44.1 Å². The van der Waals surface area contributed by atoms with Crippen LogP contribution >= 0.6 is 0 Å². The molecule has 134 valence electrons. The van der Waals surface area contributed by atoms with Crippen LogP contribution in [-0.2, 0) is 16.0 Å². The lowest BCUT2D eigenvalue weighted by atomic mass is 9.71. The smallest absolute Gasteiger partial charge is 0.315 e. The SMILES string of the molecule is CCOC(=O)C(C(F)F)C(c1ccc(CC)cc1)C1CCCCC1. The number of alkyl halides is 2. The topological polar surface area (TPSA) is 26.3 Å². The maximum absolute atomic E-state index is 13.8. The molecule has 2 unspecified atom stereocenters. The number of hydrogen-bond acceptors (Lipinski definition) is 2. The second kappa shape index (κ2) is 9.14. The van der Waals surface area contributed by atoms with E-state index in [1.54, 1.807) is 6.92 Å². The number of hydrogen-bond donors (Lipinski definition) is 0. The molecule has 1 aliphatic rings. The standard InChI is InChI=1S/C20H28F2O2/c1-3-14-10-12-16(13-11-14)17(15-8-6-5-7-9-15)18(19(21)22)20(23)24-4-2/h10-13,15,17-19H,3-9H2,1-2H3. The third-order valence-corrected chi connectivity index (χ3v) is 5.15. The average molecular weight is 338 g/mol. The van der Waals surface area contributed by atoms with Gasteiger partial charge in [-0.1, -0.05) is 50.5 Å². The van der Waals surface area contributed by atoms with Crippen LogP contribution in [0, 0.1) is 11.8 Å². The van der Waals surface area contributed by atoms with Crippen molar-refractivity contribution in [3.63, 3.8) is 0 Å². The Morgan fingerprint density at radius 2 is 1.75 bits per heavy atom. The number of carbonyl (C=O) groups excluding carboxylic acids is 1. The third-order valence-electron chi connectivity index (χ3n) is 5.15. The normalized spacial score (nSPS) is 18.4. The van der Waals surface area contributed by atoms with Crippen LogP contribution in [-0.4, -0.2) is 19.0 Å². The highest BCUT2D eigenvalue weighted by Gasteiger charge is 2.42. The molecule has 2 nitrogen and oxygen atoms in total. The Kier molecular flexibility index (Phi) is 7.19. The quantitative estimate of drug-likeness (QED) is 0.626. The molecule has 0 aromatic heterocycles. The first kappa shape index (κ1) is 18.9. The van der Waals surface area contributed by atoms with E-state index in [9.17, 15) is 13.6 Å². The molecule has 1 aromatic rings. The van der Waals surface area contributed by atoms with Gasteiger partial charge in [-0.3, -0.25) is 4.79 Å². The fourth-order valence-electron chi connectivity index (χ4n) is 3.89. The summed E-state index contributed by atoms with van der Waals surface area (Å²) in [7, 11) is 0. The Balaban J connectivity index is 2.36. The molecule has 0 saturated heterocycles. The highest BCUT2D eigenvalue weighted by molar-refractivity contribution is 5.74. The van der Waals surface area contributed by atoms with Crippen molar-refractivity contribution in [2.45, 2.75) is 64.7 Å². The van der Waals surface area contributed by atoms with Crippen molar-refractivity contribution in [1.82, 2.24) is 0 Å². The molecule has 0 spiro atoms. The number of aryl methyl sites for hydroxylation is 1. The van der Waals surface area contributed by atoms with E-state index < -0.39 is 24.2 Å². The lowest BCUT2D eigenvalue weighted by Gasteiger charge is -2.35. The van der Waals surface area contributed by atoms with Crippen LogP contribution in [0.1, 0.15) is 63.0 Å². The molecule has 24 heavy (non-hydrogen) atoms. The molecule has 2 atom stereocenters. The Bertz CT molecular complexity index is 507. The highest BCUT2D eigenvalue weighted by Crippen LogP contribution is 2.43. The van der Waals surface area contributed by atoms with Crippen molar-refractivity contribution in [2.75, 3.05) is 6.61 Å². The predicted molar refractivity (Wildman–Crippen MR) is 91.3 cm³/mol. The van der Waals surface area contributed by atoms with E-state index in [2.05, 4.69) is 6.92 Å². The summed E-state index contributed by atoms with van der Waals surface area (Å²) >= 11 is 0. The first-order valence-corrected chi connectivity index (χ1v) is 9.12. The fraction of sp³-hybridized carbons (Fsp3) is 0.650. The summed E-state index contributed by atoms with van der Waals surface area (Å²) in [6.45, 7) is 3.86. The minimum absolute atomic E-state index is 0.120. The number of halogens is 2. The van der Waals surface area contributed by atoms with Crippen LogP contribution in [0.4, 0.5) is 8.78 Å².